The van der Waals surface area contributed by atoms with Crippen LogP contribution >= 0.6 is 11.8 Å². The first-order valence-corrected chi connectivity index (χ1v) is 6.64. The van der Waals surface area contributed by atoms with Crippen molar-refractivity contribution in [1.29, 1.82) is 0 Å². The summed E-state index contributed by atoms with van der Waals surface area (Å²) in [5.41, 5.74) is 0.520. The van der Waals surface area contributed by atoms with Crippen molar-refractivity contribution in [2.75, 3.05) is 0 Å². The molecule has 0 aliphatic heterocycles. The topological polar surface area (TPSA) is 20.2 Å². The van der Waals surface area contributed by atoms with E-state index in [0.717, 1.165) is 18.4 Å². The lowest BCUT2D eigenvalue weighted by atomic mass is 10.1. The van der Waals surface area contributed by atoms with Crippen molar-refractivity contribution in [3.63, 3.8) is 0 Å². The molecule has 2 aromatic carbocycles. The molecule has 0 spiro atoms. The van der Waals surface area contributed by atoms with Crippen LogP contribution in [0.2, 0.25) is 0 Å². The number of hydrogen-bond acceptors (Lipinski definition) is 2. The highest BCUT2D eigenvalue weighted by molar-refractivity contribution is 7.99. The van der Waals surface area contributed by atoms with Gasteiger partial charge in [-0.25, -0.2) is 0 Å². The number of benzene rings is 2. The molecule has 86 valence electrons. The Morgan fingerprint density at radius 1 is 0.882 bits per heavy atom. The zero-order valence-electron chi connectivity index (χ0n) is 9.47. The number of rotatable bonds is 3. The van der Waals surface area contributed by atoms with Gasteiger partial charge in [-0.1, -0.05) is 48.2 Å². The third kappa shape index (κ3) is 2.24. The fourth-order valence-electron chi connectivity index (χ4n) is 1.94. The predicted molar refractivity (Wildman–Crippen MR) is 70.1 cm³/mol. The molecule has 17 heavy (non-hydrogen) atoms. The summed E-state index contributed by atoms with van der Waals surface area (Å²) < 4.78 is 0. The van der Waals surface area contributed by atoms with E-state index in [-0.39, 0.29) is 0 Å². The Balaban J connectivity index is 1.93. The molecule has 0 bridgehead atoms. The third-order valence-corrected chi connectivity index (χ3v) is 4.17. The molecular weight excluding hydrogens is 228 g/mol. The molecule has 1 saturated carbocycles. The average Bonchev–Trinajstić information content (AvgIpc) is 3.10. The van der Waals surface area contributed by atoms with Gasteiger partial charge in [-0.2, -0.15) is 0 Å². The molecule has 3 rings (SSSR count). The van der Waals surface area contributed by atoms with E-state index in [1.54, 1.807) is 11.8 Å². The first kappa shape index (κ1) is 10.9. The van der Waals surface area contributed by atoms with Gasteiger partial charge in [-0.3, -0.25) is 0 Å². The second-order valence-electron chi connectivity index (χ2n) is 4.44. The first-order chi connectivity index (χ1) is 8.28. The molecule has 0 heterocycles. The van der Waals surface area contributed by atoms with E-state index in [1.165, 1.54) is 9.79 Å². The molecule has 0 radical (unpaired) electrons. The Hall–Kier alpha value is -1.25. The van der Waals surface area contributed by atoms with E-state index in [1.807, 2.05) is 36.4 Å². The van der Waals surface area contributed by atoms with Gasteiger partial charge in [-0.05, 0) is 36.6 Å². The molecule has 1 N–H and O–H groups in total. The summed E-state index contributed by atoms with van der Waals surface area (Å²) in [6, 6.07) is 18.4. The Morgan fingerprint density at radius 3 is 2.24 bits per heavy atom. The Bertz CT molecular complexity index is 517. The van der Waals surface area contributed by atoms with E-state index >= 15 is 0 Å². The molecule has 0 amide bonds. The van der Waals surface area contributed by atoms with Crippen LogP contribution in [0.4, 0.5) is 0 Å². The van der Waals surface area contributed by atoms with Gasteiger partial charge in [0.15, 0.2) is 0 Å². The van der Waals surface area contributed by atoms with Gasteiger partial charge in [-0.15, -0.1) is 0 Å². The van der Waals surface area contributed by atoms with Crippen molar-refractivity contribution in [2.24, 2.45) is 0 Å². The zero-order chi connectivity index (χ0) is 11.7. The second kappa shape index (κ2) is 4.21. The maximum Gasteiger partial charge on any atom is 0.0909 e. The van der Waals surface area contributed by atoms with Gasteiger partial charge < -0.3 is 5.11 Å². The standard InChI is InChI=1S/C15H14OS/c16-15(10-11-15)13-8-4-5-9-14(13)17-12-6-2-1-3-7-12/h1-9,16H,10-11H2. The van der Waals surface area contributed by atoms with Crippen LogP contribution in [0.5, 0.6) is 0 Å². The van der Waals surface area contributed by atoms with Gasteiger partial charge in [0.25, 0.3) is 0 Å². The van der Waals surface area contributed by atoms with E-state index in [2.05, 4.69) is 18.2 Å². The quantitative estimate of drug-likeness (QED) is 0.883. The lowest BCUT2D eigenvalue weighted by Crippen LogP contribution is -2.05. The van der Waals surface area contributed by atoms with Crippen LogP contribution in [-0.4, -0.2) is 5.11 Å². The molecule has 0 unspecified atom stereocenters. The molecule has 1 aliphatic carbocycles. The summed E-state index contributed by atoms with van der Waals surface area (Å²) in [5, 5.41) is 10.2. The average molecular weight is 242 g/mol. The highest BCUT2D eigenvalue weighted by Gasteiger charge is 2.43. The Morgan fingerprint density at radius 2 is 1.53 bits per heavy atom. The summed E-state index contributed by atoms with van der Waals surface area (Å²) in [6.07, 6.45) is 1.78. The van der Waals surface area contributed by atoms with E-state index < -0.39 is 5.60 Å². The SMILES string of the molecule is OC1(c2ccccc2Sc2ccccc2)CC1. The van der Waals surface area contributed by atoms with Crippen molar-refractivity contribution in [3.05, 3.63) is 60.2 Å². The van der Waals surface area contributed by atoms with Gasteiger partial charge >= 0.3 is 0 Å². The van der Waals surface area contributed by atoms with Crippen molar-refractivity contribution in [3.8, 4) is 0 Å². The molecular formula is C15H14OS. The normalized spacial score (nSPS) is 16.8. The van der Waals surface area contributed by atoms with Gasteiger partial charge in [0.2, 0.25) is 0 Å². The highest BCUT2D eigenvalue weighted by Crippen LogP contribution is 2.49. The monoisotopic (exact) mass is 242 g/mol. The van der Waals surface area contributed by atoms with Crippen LogP contribution in [0.25, 0.3) is 0 Å². The molecule has 2 heteroatoms. The molecule has 2 aromatic rings. The summed E-state index contributed by atoms with van der Waals surface area (Å²) in [6.45, 7) is 0. The number of aliphatic hydroxyl groups is 1. The molecule has 0 aromatic heterocycles. The molecule has 0 atom stereocenters. The van der Waals surface area contributed by atoms with Crippen molar-refractivity contribution in [1.82, 2.24) is 0 Å². The first-order valence-electron chi connectivity index (χ1n) is 5.83. The maximum absolute atomic E-state index is 10.2. The minimum Gasteiger partial charge on any atom is -0.385 e. The van der Waals surface area contributed by atoms with Crippen LogP contribution in [0.15, 0.2) is 64.4 Å². The predicted octanol–water partition coefficient (Wildman–Crippen LogP) is 3.82. The summed E-state index contributed by atoms with van der Waals surface area (Å²) in [5.74, 6) is 0. The smallest absolute Gasteiger partial charge is 0.0909 e. The number of hydrogen-bond donors (Lipinski definition) is 1. The van der Waals surface area contributed by atoms with Crippen LogP contribution in [0.1, 0.15) is 18.4 Å². The Labute approximate surface area is 105 Å². The van der Waals surface area contributed by atoms with Crippen LogP contribution < -0.4 is 0 Å². The largest absolute Gasteiger partial charge is 0.385 e. The zero-order valence-corrected chi connectivity index (χ0v) is 10.3. The van der Waals surface area contributed by atoms with E-state index in [4.69, 9.17) is 0 Å². The molecule has 1 nitrogen and oxygen atoms in total. The van der Waals surface area contributed by atoms with Gasteiger partial charge in [0.1, 0.15) is 0 Å². The lowest BCUT2D eigenvalue weighted by molar-refractivity contribution is 0.148. The minimum absolute atomic E-state index is 0.557. The van der Waals surface area contributed by atoms with Crippen molar-refractivity contribution < 1.29 is 5.11 Å². The Kier molecular flexibility index (Phi) is 2.69. The highest BCUT2D eigenvalue weighted by atomic mass is 32.2. The lowest BCUT2D eigenvalue weighted by Gasteiger charge is -2.13. The van der Waals surface area contributed by atoms with Crippen molar-refractivity contribution in [2.45, 2.75) is 28.2 Å². The van der Waals surface area contributed by atoms with Crippen LogP contribution in [0.3, 0.4) is 0 Å². The summed E-state index contributed by atoms with van der Waals surface area (Å²) in [4.78, 5) is 2.38. The second-order valence-corrected chi connectivity index (χ2v) is 5.56. The fourth-order valence-corrected chi connectivity index (χ4v) is 3.01. The van der Waals surface area contributed by atoms with E-state index in [0.29, 0.717) is 0 Å². The third-order valence-electron chi connectivity index (χ3n) is 3.08. The molecule has 1 aliphatic rings. The molecule has 1 fully saturated rings. The summed E-state index contributed by atoms with van der Waals surface area (Å²) >= 11 is 1.72. The fraction of sp³-hybridized carbons (Fsp3) is 0.200. The summed E-state index contributed by atoms with van der Waals surface area (Å²) in [7, 11) is 0. The van der Waals surface area contributed by atoms with Gasteiger partial charge in [0.05, 0.1) is 5.60 Å². The van der Waals surface area contributed by atoms with Gasteiger partial charge in [0, 0.05) is 9.79 Å². The maximum atomic E-state index is 10.2. The molecule has 0 saturated heterocycles. The van der Waals surface area contributed by atoms with Crippen LogP contribution in [-0.2, 0) is 5.60 Å². The van der Waals surface area contributed by atoms with Crippen molar-refractivity contribution >= 4 is 11.8 Å². The van der Waals surface area contributed by atoms with Crippen LogP contribution in [0, 0.1) is 0 Å². The van der Waals surface area contributed by atoms with E-state index in [9.17, 15) is 5.11 Å². The minimum atomic E-state index is -0.557.